The smallest absolute Gasteiger partial charge is 0.137 e. The van der Waals surface area contributed by atoms with Crippen molar-refractivity contribution >= 4 is 6.29 Å². The molecule has 16 heavy (non-hydrogen) atoms. The lowest BCUT2D eigenvalue weighted by Crippen LogP contribution is -2.30. The molecule has 1 aromatic rings. The second-order valence-electron chi connectivity index (χ2n) is 4.48. The molecule has 84 valence electrons. The maximum Gasteiger partial charge on any atom is 0.137 e. The summed E-state index contributed by atoms with van der Waals surface area (Å²) in [5, 5.41) is 0. The van der Waals surface area contributed by atoms with Gasteiger partial charge in [0.25, 0.3) is 0 Å². The van der Waals surface area contributed by atoms with E-state index in [1.165, 1.54) is 0 Å². The van der Waals surface area contributed by atoms with Gasteiger partial charge in [-0.15, -0.1) is 0 Å². The minimum atomic E-state index is -0.400. The van der Waals surface area contributed by atoms with Gasteiger partial charge in [-0.05, 0) is 12.5 Å². The fourth-order valence-corrected chi connectivity index (χ4v) is 2.67. The largest absolute Gasteiger partial charge is 0.375 e. The molecule has 0 aliphatic carbocycles. The molecule has 0 saturated carbocycles. The molecule has 1 aromatic carbocycles. The number of hydrogen-bond acceptors (Lipinski definition) is 3. The molecule has 2 aliphatic heterocycles. The predicted octanol–water partition coefficient (Wildman–Crippen LogP) is 1.73. The first-order valence-electron chi connectivity index (χ1n) is 5.58. The van der Waals surface area contributed by atoms with E-state index in [4.69, 9.17) is 9.47 Å². The molecule has 0 bridgehead atoms. The molecule has 2 heterocycles. The predicted molar refractivity (Wildman–Crippen MR) is 58.0 cm³/mol. The van der Waals surface area contributed by atoms with Crippen molar-refractivity contribution in [1.29, 1.82) is 0 Å². The SMILES string of the molecule is C[C@H]1OCC(C=O)C12OC2c1ccccc1. The van der Waals surface area contributed by atoms with Crippen molar-refractivity contribution in [1.82, 2.24) is 0 Å². The Balaban J connectivity index is 1.90. The lowest BCUT2D eigenvalue weighted by Gasteiger charge is -2.12. The molecule has 3 rings (SSSR count). The first kappa shape index (κ1) is 10.00. The Kier molecular flexibility index (Phi) is 2.13. The van der Waals surface area contributed by atoms with Crippen LogP contribution in [-0.2, 0) is 14.3 Å². The quantitative estimate of drug-likeness (QED) is 0.560. The maximum atomic E-state index is 11.0. The van der Waals surface area contributed by atoms with E-state index < -0.39 is 5.60 Å². The van der Waals surface area contributed by atoms with Crippen molar-refractivity contribution in [2.75, 3.05) is 6.61 Å². The van der Waals surface area contributed by atoms with E-state index in [2.05, 4.69) is 0 Å². The molecule has 0 radical (unpaired) electrons. The Morgan fingerprint density at radius 2 is 2.12 bits per heavy atom. The molecule has 0 N–H and O–H groups in total. The molecule has 3 nitrogen and oxygen atoms in total. The van der Waals surface area contributed by atoms with E-state index in [-0.39, 0.29) is 18.1 Å². The zero-order chi connectivity index (χ0) is 11.2. The van der Waals surface area contributed by atoms with Gasteiger partial charge in [0.05, 0.1) is 18.6 Å². The second-order valence-corrected chi connectivity index (χ2v) is 4.48. The molecule has 2 aliphatic rings. The molecule has 0 aromatic heterocycles. The van der Waals surface area contributed by atoms with Gasteiger partial charge in [-0.2, -0.15) is 0 Å². The van der Waals surface area contributed by atoms with E-state index in [0.717, 1.165) is 11.8 Å². The van der Waals surface area contributed by atoms with Gasteiger partial charge in [-0.25, -0.2) is 0 Å². The first-order valence-corrected chi connectivity index (χ1v) is 5.58. The molecule has 3 heteroatoms. The van der Waals surface area contributed by atoms with Gasteiger partial charge in [0.1, 0.15) is 18.0 Å². The summed E-state index contributed by atoms with van der Waals surface area (Å²) >= 11 is 0. The van der Waals surface area contributed by atoms with Crippen LogP contribution >= 0.6 is 0 Å². The van der Waals surface area contributed by atoms with Crippen LogP contribution in [0, 0.1) is 5.92 Å². The molecule has 0 amide bonds. The van der Waals surface area contributed by atoms with E-state index >= 15 is 0 Å². The highest BCUT2D eigenvalue weighted by molar-refractivity contribution is 5.59. The van der Waals surface area contributed by atoms with Gasteiger partial charge in [0.15, 0.2) is 0 Å². The summed E-state index contributed by atoms with van der Waals surface area (Å²) < 4.78 is 11.3. The van der Waals surface area contributed by atoms with Gasteiger partial charge in [-0.3, -0.25) is 0 Å². The van der Waals surface area contributed by atoms with Crippen LogP contribution in [0.15, 0.2) is 30.3 Å². The number of carbonyl (C=O) groups excluding carboxylic acids is 1. The third-order valence-corrected chi connectivity index (χ3v) is 3.68. The highest BCUT2D eigenvalue weighted by Crippen LogP contribution is 2.59. The Hall–Kier alpha value is -1.19. The zero-order valence-corrected chi connectivity index (χ0v) is 9.13. The number of carbonyl (C=O) groups is 1. The highest BCUT2D eigenvalue weighted by Gasteiger charge is 2.68. The average Bonchev–Trinajstić information content (AvgIpc) is 2.99. The van der Waals surface area contributed by atoms with Crippen molar-refractivity contribution in [2.45, 2.75) is 24.7 Å². The van der Waals surface area contributed by atoms with Crippen molar-refractivity contribution in [3.63, 3.8) is 0 Å². The number of ether oxygens (including phenoxy) is 2. The van der Waals surface area contributed by atoms with Crippen molar-refractivity contribution in [3.05, 3.63) is 35.9 Å². The summed E-state index contributed by atoms with van der Waals surface area (Å²) in [6.07, 6.45) is 0.973. The van der Waals surface area contributed by atoms with Crippen LogP contribution in [-0.4, -0.2) is 24.6 Å². The minimum absolute atomic E-state index is 0.00657. The van der Waals surface area contributed by atoms with Crippen LogP contribution in [0.5, 0.6) is 0 Å². The number of aldehydes is 1. The standard InChI is InChI=1S/C13H14O3/c1-9-13(11(7-14)8-15-9)12(16-13)10-5-3-2-4-6-10/h2-7,9,11-12H,8H2,1H3/t9-,11?,12?,13?/m1/s1. The van der Waals surface area contributed by atoms with E-state index in [1.54, 1.807) is 0 Å². The van der Waals surface area contributed by atoms with Crippen LogP contribution in [0.3, 0.4) is 0 Å². The van der Waals surface area contributed by atoms with Crippen molar-refractivity contribution in [2.24, 2.45) is 5.92 Å². The van der Waals surface area contributed by atoms with Crippen LogP contribution in [0.4, 0.5) is 0 Å². The fraction of sp³-hybridized carbons (Fsp3) is 0.462. The molecule has 4 atom stereocenters. The van der Waals surface area contributed by atoms with Gasteiger partial charge < -0.3 is 14.3 Å². The maximum absolute atomic E-state index is 11.0. The summed E-state index contributed by atoms with van der Waals surface area (Å²) in [6, 6.07) is 10.0. The summed E-state index contributed by atoms with van der Waals surface area (Å²) in [5.74, 6) is -0.132. The topological polar surface area (TPSA) is 38.8 Å². The first-order chi connectivity index (χ1) is 7.79. The summed E-state index contributed by atoms with van der Waals surface area (Å²) in [7, 11) is 0. The van der Waals surface area contributed by atoms with Gasteiger partial charge in [-0.1, -0.05) is 30.3 Å². The number of rotatable bonds is 2. The zero-order valence-electron chi connectivity index (χ0n) is 9.13. The molecular formula is C13H14O3. The van der Waals surface area contributed by atoms with E-state index in [0.29, 0.717) is 6.61 Å². The molecule has 1 spiro atoms. The van der Waals surface area contributed by atoms with Gasteiger partial charge >= 0.3 is 0 Å². The Bertz CT molecular complexity index is 403. The molecule has 2 saturated heterocycles. The summed E-state index contributed by atoms with van der Waals surface area (Å²) in [5.41, 5.74) is 0.732. The molecular weight excluding hydrogens is 204 g/mol. The van der Waals surface area contributed by atoms with Crippen LogP contribution in [0.2, 0.25) is 0 Å². The summed E-state index contributed by atoms with van der Waals surface area (Å²) in [4.78, 5) is 11.0. The Morgan fingerprint density at radius 1 is 1.38 bits per heavy atom. The van der Waals surface area contributed by atoms with Crippen molar-refractivity contribution in [3.8, 4) is 0 Å². The van der Waals surface area contributed by atoms with Gasteiger partial charge in [0.2, 0.25) is 0 Å². The third-order valence-electron chi connectivity index (χ3n) is 3.68. The number of benzene rings is 1. The molecule has 2 fully saturated rings. The van der Waals surface area contributed by atoms with E-state index in [9.17, 15) is 4.79 Å². The lowest BCUT2D eigenvalue weighted by molar-refractivity contribution is -0.112. The molecule has 3 unspecified atom stereocenters. The van der Waals surface area contributed by atoms with Crippen LogP contribution in [0.25, 0.3) is 0 Å². The number of hydrogen-bond donors (Lipinski definition) is 0. The van der Waals surface area contributed by atoms with Crippen LogP contribution < -0.4 is 0 Å². The monoisotopic (exact) mass is 218 g/mol. The normalized spacial score (nSPS) is 41.2. The van der Waals surface area contributed by atoms with Gasteiger partial charge in [0, 0.05) is 0 Å². The second kappa shape index (κ2) is 3.40. The fourth-order valence-electron chi connectivity index (χ4n) is 2.67. The van der Waals surface area contributed by atoms with Crippen molar-refractivity contribution < 1.29 is 14.3 Å². The lowest BCUT2D eigenvalue weighted by atomic mass is 9.86. The van der Waals surface area contributed by atoms with E-state index in [1.807, 2.05) is 37.3 Å². The highest BCUT2D eigenvalue weighted by atomic mass is 16.7. The Labute approximate surface area is 94.4 Å². The Morgan fingerprint density at radius 3 is 2.81 bits per heavy atom. The van der Waals surface area contributed by atoms with Crippen LogP contribution in [0.1, 0.15) is 18.6 Å². The minimum Gasteiger partial charge on any atom is -0.375 e. The average molecular weight is 218 g/mol. The third kappa shape index (κ3) is 1.19. The number of epoxide rings is 1. The summed E-state index contributed by atoms with van der Waals surface area (Å²) in [6.45, 7) is 2.46.